The first-order valence-electron chi connectivity index (χ1n) is 11.0. The van der Waals surface area contributed by atoms with E-state index < -0.39 is 0 Å². The fourth-order valence-electron chi connectivity index (χ4n) is 4.67. The summed E-state index contributed by atoms with van der Waals surface area (Å²) in [6.07, 6.45) is 3.47. The molecule has 0 saturated carbocycles. The molecule has 6 heteroatoms. The van der Waals surface area contributed by atoms with Crippen LogP contribution in [0.2, 0.25) is 0 Å². The minimum Gasteiger partial charge on any atom is -0.492 e. The Labute approximate surface area is 187 Å². The Morgan fingerprint density at radius 2 is 1.74 bits per heavy atom. The first-order chi connectivity index (χ1) is 15.1. The van der Waals surface area contributed by atoms with Gasteiger partial charge in [0.05, 0.1) is 10.9 Å². The lowest BCUT2D eigenvalue weighted by Crippen LogP contribution is -2.37. The van der Waals surface area contributed by atoms with Crippen molar-refractivity contribution in [1.29, 1.82) is 0 Å². The van der Waals surface area contributed by atoms with Crippen LogP contribution in [-0.4, -0.2) is 37.7 Å². The van der Waals surface area contributed by atoms with Crippen LogP contribution in [0.25, 0.3) is 4.96 Å². The zero-order valence-corrected chi connectivity index (χ0v) is 18.8. The summed E-state index contributed by atoms with van der Waals surface area (Å²) in [5.41, 5.74) is 3.88. The molecule has 5 nitrogen and oxygen atoms in total. The van der Waals surface area contributed by atoms with Gasteiger partial charge in [-0.05, 0) is 63.2 Å². The molecule has 1 aliphatic rings. The number of rotatable bonds is 5. The number of hydrogen-bond acceptors (Lipinski definition) is 5. The summed E-state index contributed by atoms with van der Waals surface area (Å²) in [6, 6.07) is 19.5. The number of hydrogen-bond donors (Lipinski definition) is 1. The average molecular weight is 433 g/mol. The summed E-state index contributed by atoms with van der Waals surface area (Å²) in [6.45, 7) is 6.00. The molecule has 0 spiro atoms. The highest BCUT2D eigenvalue weighted by molar-refractivity contribution is 7.17. The second-order valence-corrected chi connectivity index (χ2v) is 9.63. The van der Waals surface area contributed by atoms with Crippen molar-refractivity contribution in [2.45, 2.75) is 39.2 Å². The van der Waals surface area contributed by atoms with E-state index in [-0.39, 0.29) is 11.9 Å². The third-order valence-electron chi connectivity index (χ3n) is 6.33. The van der Waals surface area contributed by atoms with Crippen LogP contribution in [0.4, 0.5) is 0 Å². The molecule has 31 heavy (non-hydrogen) atoms. The molecule has 2 aromatic carbocycles. The molecule has 0 radical (unpaired) electrons. The van der Waals surface area contributed by atoms with Crippen molar-refractivity contribution in [3.8, 4) is 5.88 Å². The molecule has 1 N–H and O–H groups in total. The number of nitrogens with zero attached hydrogens (tertiary/aromatic N) is 4. The Balaban J connectivity index is 1.42. The van der Waals surface area contributed by atoms with Gasteiger partial charge >= 0.3 is 0 Å². The van der Waals surface area contributed by atoms with Gasteiger partial charge in [0.25, 0.3) is 0 Å². The quantitative estimate of drug-likeness (QED) is 0.473. The molecule has 1 unspecified atom stereocenters. The lowest BCUT2D eigenvalue weighted by atomic mass is 9.88. The predicted octanol–water partition coefficient (Wildman–Crippen LogP) is 5.16. The number of aromatic hydroxyl groups is 1. The molecule has 0 bridgehead atoms. The summed E-state index contributed by atoms with van der Waals surface area (Å²) in [5, 5.41) is 15.4. The maximum Gasteiger partial charge on any atom is 0.230 e. The third-order valence-corrected chi connectivity index (χ3v) is 7.40. The van der Waals surface area contributed by atoms with Gasteiger partial charge in [0, 0.05) is 0 Å². The Kier molecular flexibility index (Phi) is 5.50. The van der Waals surface area contributed by atoms with Gasteiger partial charge in [-0.1, -0.05) is 71.5 Å². The minimum atomic E-state index is 0.0204. The van der Waals surface area contributed by atoms with Crippen LogP contribution in [-0.2, 0) is 6.42 Å². The molecule has 1 atom stereocenters. The van der Waals surface area contributed by atoms with Crippen molar-refractivity contribution in [2.75, 3.05) is 13.1 Å². The monoisotopic (exact) mass is 432 g/mol. The standard InChI is InChI=1S/C25H28N4OS/c1-17-8-10-21(11-9-17)22(23-24(30)29-25(31-23)26-18(2)27-29)28-14-12-20(13-15-28)16-19-6-4-3-5-7-19/h3-11,20,22,30H,12-16H2,1-2H3. The van der Waals surface area contributed by atoms with Crippen molar-refractivity contribution in [1.82, 2.24) is 19.5 Å². The number of piperidine rings is 1. The van der Waals surface area contributed by atoms with Crippen molar-refractivity contribution < 1.29 is 5.11 Å². The van der Waals surface area contributed by atoms with E-state index >= 15 is 0 Å². The molecule has 5 rings (SSSR count). The van der Waals surface area contributed by atoms with Gasteiger partial charge in [-0.3, -0.25) is 4.90 Å². The first-order valence-corrected chi connectivity index (χ1v) is 11.8. The number of thiazole rings is 1. The van der Waals surface area contributed by atoms with Crippen LogP contribution < -0.4 is 0 Å². The van der Waals surface area contributed by atoms with E-state index in [1.165, 1.54) is 16.7 Å². The topological polar surface area (TPSA) is 53.7 Å². The lowest BCUT2D eigenvalue weighted by Gasteiger charge is -2.37. The van der Waals surface area contributed by atoms with E-state index in [1.54, 1.807) is 15.9 Å². The van der Waals surface area contributed by atoms with Crippen LogP contribution in [0, 0.1) is 19.8 Å². The fourth-order valence-corrected chi connectivity index (χ4v) is 5.83. The Morgan fingerprint density at radius 1 is 1.03 bits per heavy atom. The van der Waals surface area contributed by atoms with Crippen molar-refractivity contribution >= 4 is 16.3 Å². The number of aryl methyl sites for hydroxylation is 2. The Hall–Kier alpha value is -2.70. The zero-order valence-electron chi connectivity index (χ0n) is 18.0. The van der Waals surface area contributed by atoms with Gasteiger partial charge < -0.3 is 5.11 Å². The van der Waals surface area contributed by atoms with E-state index in [4.69, 9.17) is 0 Å². The van der Waals surface area contributed by atoms with Crippen LogP contribution in [0.3, 0.4) is 0 Å². The second kappa shape index (κ2) is 8.44. The lowest BCUT2D eigenvalue weighted by molar-refractivity contribution is 0.150. The van der Waals surface area contributed by atoms with Crippen LogP contribution >= 0.6 is 11.3 Å². The molecular formula is C25H28N4OS. The molecule has 1 fully saturated rings. The smallest absolute Gasteiger partial charge is 0.230 e. The van der Waals surface area contributed by atoms with Gasteiger partial charge in [0.15, 0.2) is 0 Å². The molecule has 1 saturated heterocycles. The highest BCUT2D eigenvalue weighted by Gasteiger charge is 2.32. The Bertz CT molecular complexity index is 1160. The van der Waals surface area contributed by atoms with Crippen molar-refractivity contribution in [3.63, 3.8) is 0 Å². The van der Waals surface area contributed by atoms with Gasteiger partial charge in [-0.15, -0.1) is 5.10 Å². The van der Waals surface area contributed by atoms with E-state index in [0.29, 0.717) is 11.7 Å². The SMILES string of the molecule is Cc1ccc(C(c2sc3nc(C)nn3c2O)N2CCC(Cc3ccccc3)CC2)cc1. The molecule has 1 aliphatic heterocycles. The van der Waals surface area contributed by atoms with Crippen LogP contribution in [0.1, 0.15) is 46.3 Å². The first kappa shape index (κ1) is 20.2. The average Bonchev–Trinajstić information content (AvgIpc) is 3.29. The fraction of sp³-hybridized carbons (Fsp3) is 0.360. The number of fused-ring (bicyclic) bond motifs is 1. The van der Waals surface area contributed by atoms with Crippen molar-refractivity contribution in [3.05, 3.63) is 82.0 Å². The summed E-state index contributed by atoms with van der Waals surface area (Å²) in [7, 11) is 0. The van der Waals surface area contributed by atoms with Gasteiger partial charge in [0.2, 0.25) is 10.8 Å². The highest BCUT2D eigenvalue weighted by Crippen LogP contribution is 2.41. The van der Waals surface area contributed by atoms with Crippen molar-refractivity contribution in [2.24, 2.45) is 5.92 Å². The summed E-state index contributed by atoms with van der Waals surface area (Å²) < 4.78 is 1.58. The Morgan fingerprint density at radius 3 is 2.42 bits per heavy atom. The molecule has 4 aromatic rings. The molecule has 0 aliphatic carbocycles. The summed E-state index contributed by atoms with van der Waals surface area (Å²) >= 11 is 1.55. The number of likely N-dealkylation sites (tertiary alicyclic amines) is 1. The second-order valence-electron chi connectivity index (χ2n) is 8.63. The maximum atomic E-state index is 11.0. The number of aromatic nitrogens is 3. The largest absolute Gasteiger partial charge is 0.492 e. The van der Waals surface area contributed by atoms with E-state index in [0.717, 1.165) is 42.2 Å². The van der Waals surface area contributed by atoms with Gasteiger partial charge in [-0.25, -0.2) is 4.98 Å². The third kappa shape index (κ3) is 4.10. The predicted molar refractivity (Wildman–Crippen MR) is 125 cm³/mol. The normalized spacial score (nSPS) is 16.7. The molecule has 160 valence electrons. The van der Waals surface area contributed by atoms with Crippen LogP contribution in [0.5, 0.6) is 5.88 Å². The van der Waals surface area contributed by atoms with E-state index in [2.05, 4.69) is 76.5 Å². The number of benzene rings is 2. The molecule has 2 aromatic heterocycles. The van der Waals surface area contributed by atoms with Gasteiger partial charge in [-0.2, -0.15) is 4.52 Å². The van der Waals surface area contributed by atoms with Crippen LogP contribution in [0.15, 0.2) is 54.6 Å². The maximum absolute atomic E-state index is 11.0. The molecular weight excluding hydrogens is 404 g/mol. The highest BCUT2D eigenvalue weighted by atomic mass is 32.1. The van der Waals surface area contributed by atoms with E-state index in [9.17, 15) is 5.11 Å². The zero-order chi connectivity index (χ0) is 21.4. The molecule has 0 amide bonds. The minimum absolute atomic E-state index is 0.0204. The molecule has 3 heterocycles. The van der Waals surface area contributed by atoms with E-state index in [1.807, 2.05) is 6.92 Å². The summed E-state index contributed by atoms with van der Waals surface area (Å²) in [4.78, 5) is 8.68. The van der Waals surface area contributed by atoms with Gasteiger partial charge in [0.1, 0.15) is 5.82 Å². The summed E-state index contributed by atoms with van der Waals surface area (Å²) in [5.74, 6) is 1.61.